The quantitative estimate of drug-likeness (QED) is 0.823. The highest BCUT2D eigenvalue weighted by Crippen LogP contribution is 2.31. The van der Waals surface area contributed by atoms with Gasteiger partial charge in [0.15, 0.2) is 0 Å². The van der Waals surface area contributed by atoms with E-state index >= 15 is 0 Å². The van der Waals surface area contributed by atoms with Gasteiger partial charge in [-0.15, -0.1) is 0 Å². The number of nitrogens with one attached hydrogen (secondary N) is 1. The van der Waals surface area contributed by atoms with Crippen LogP contribution in [0.3, 0.4) is 0 Å². The van der Waals surface area contributed by atoms with E-state index in [2.05, 4.69) is 29.4 Å². The maximum Gasteiger partial charge on any atom is 0.0422 e. The summed E-state index contributed by atoms with van der Waals surface area (Å²) in [6.45, 7) is 5.46. The van der Waals surface area contributed by atoms with Crippen LogP contribution >= 0.6 is 0 Å². The van der Waals surface area contributed by atoms with E-state index in [1.807, 2.05) is 19.2 Å². The van der Waals surface area contributed by atoms with Crippen LogP contribution in [0.4, 0.5) is 11.4 Å². The molecule has 3 nitrogen and oxygen atoms in total. The molecule has 0 aliphatic heterocycles. The Morgan fingerprint density at radius 2 is 2.14 bits per heavy atom. The topological polar surface area (TPSA) is 50.9 Å². The molecule has 1 aromatic carbocycles. The summed E-state index contributed by atoms with van der Waals surface area (Å²) in [4.78, 5) is 4.36. The Balaban J connectivity index is 1.80. The zero-order valence-electron chi connectivity index (χ0n) is 13.0. The lowest BCUT2D eigenvalue weighted by molar-refractivity contribution is 0.293. The predicted octanol–water partition coefficient (Wildman–Crippen LogP) is 4.36. The van der Waals surface area contributed by atoms with Crippen molar-refractivity contribution in [1.82, 2.24) is 4.98 Å². The molecule has 112 valence electrons. The summed E-state index contributed by atoms with van der Waals surface area (Å²) in [6.07, 6.45) is 7.35. The molecule has 2 aromatic rings. The Bertz CT molecular complexity index is 636. The number of hydrogen-bond donors (Lipinski definition) is 2. The minimum absolute atomic E-state index is 0.796. The lowest BCUT2D eigenvalue weighted by atomic mass is 9.82. The van der Waals surface area contributed by atoms with Gasteiger partial charge in [-0.2, -0.15) is 0 Å². The van der Waals surface area contributed by atoms with Crippen LogP contribution in [0.2, 0.25) is 0 Å². The highest BCUT2D eigenvalue weighted by atomic mass is 14.9. The smallest absolute Gasteiger partial charge is 0.0422 e. The van der Waals surface area contributed by atoms with Gasteiger partial charge < -0.3 is 11.1 Å². The van der Waals surface area contributed by atoms with Gasteiger partial charge in [0.1, 0.15) is 0 Å². The summed E-state index contributed by atoms with van der Waals surface area (Å²) in [6, 6.07) is 6.20. The van der Waals surface area contributed by atoms with Gasteiger partial charge in [-0.05, 0) is 49.8 Å². The zero-order valence-corrected chi connectivity index (χ0v) is 13.0. The number of nitrogens with two attached hydrogens (primary N) is 1. The van der Waals surface area contributed by atoms with Crippen LogP contribution in [0, 0.1) is 18.8 Å². The molecule has 3 rings (SSSR count). The molecular weight excluding hydrogens is 258 g/mol. The molecular formula is C18H25N3. The third-order valence-corrected chi connectivity index (χ3v) is 4.70. The molecule has 2 atom stereocenters. The lowest BCUT2D eigenvalue weighted by Gasteiger charge is -2.27. The highest BCUT2D eigenvalue weighted by Gasteiger charge is 2.18. The fraction of sp³-hybridized carbons (Fsp3) is 0.500. The SMILES string of the molecule is Cc1cc2c(NCC3CCCC(C)C3)ccc(N)c2cn1. The van der Waals surface area contributed by atoms with E-state index in [4.69, 9.17) is 5.73 Å². The number of fused-ring (bicyclic) bond motifs is 1. The van der Waals surface area contributed by atoms with Gasteiger partial charge in [0.05, 0.1) is 0 Å². The first-order chi connectivity index (χ1) is 10.1. The summed E-state index contributed by atoms with van der Waals surface area (Å²) in [5, 5.41) is 5.88. The molecule has 21 heavy (non-hydrogen) atoms. The van der Waals surface area contributed by atoms with Crippen molar-refractivity contribution in [1.29, 1.82) is 0 Å². The Hall–Kier alpha value is -1.77. The molecule has 1 saturated carbocycles. The van der Waals surface area contributed by atoms with Gasteiger partial charge in [-0.1, -0.05) is 19.8 Å². The first-order valence-electron chi connectivity index (χ1n) is 8.02. The van der Waals surface area contributed by atoms with Crippen LogP contribution in [0.15, 0.2) is 24.4 Å². The summed E-state index contributed by atoms with van der Waals surface area (Å²) < 4.78 is 0. The Morgan fingerprint density at radius 3 is 2.95 bits per heavy atom. The van der Waals surface area contributed by atoms with Crippen molar-refractivity contribution in [3.63, 3.8) is 0 Å². The van der Waals surface area contributed by atoms with Gasteiger partial charge in [0.25, 0.3) is 0 Å². The minimum atomic E-state index is 0.796. The Kier molecular flexibility index (Phi) is 4.00. The first-order valence-corrected chi connectivity index (χ1v) is 8.02. The Labute approximate surface area is 127 Å². The highest BCUT2D eigenvalue weighted by molar-refractivity contribution is 6.00. The molecule has 1 heterocycles. The molecule has 1 aliphatic carbocycles. The van der Waals surface area contributed by atoms with Crippen molar-refractivity contribution in [3.05, 3.63) is 30.1 Å². The first kappa shape index (κ1) is 14.2. The second-order valence-corrected chi connectivity index (χ2v) is 6.59. The van der Waals surface area contributed by atoms with Crippen LogP contribution < -0.4 is 11.1 Å². The van der Waals surface area contributed by atoms with Crippen molar-refractivity contribution < 1.29 is 0 Å². The van der Waals surface area contributed by atoms with Crippen molar-refractivity contribution in [2.75, 3.05) is 17.6 Å². The van der Waals surface area contributed by atoms with Crippen molar-refractivity contribution in [2.24, 2.45) is 11.8 Å². The van der Waals surface area contributed by atoms with E-state index in [-0.39, 0.29) is 0 Å². The van der Waals surface area contributed by atoms with Crippen LogP contribution in [0.1, 0.15) is 38.3 Å². The molecule has 0 bridgehead atoms. The van der Waals surface area contributed by atoms with E-state index in [0.29, 0.717) is 0 Å². The summed E-state index contributed by atoms with van der Waals surface area (Å²) in [5.74, 6) is 1.67. The fourth-order valence-electron chi connectivity index (χ4n) is 3.52. The van der Waals surface area contributed by atoms with Gasteiger partial charge in [-0.25, -0.2) is 0 Å². The molecule has 0 radical (unpaired) electrons. The molecule has 3 heteroatoms. The maximum absolute atomic E-state index is 6.06. The van der Waals surface area contributed by atoms with Gasteiger partial charge >= 0.3 is 0 Å². The normalized spacial score (nSPS) is 22.4. The van der Waals surface area contributed by atoms with E-state index in [1.165, 1.54) is 36.8 Å². The summed E-state index contributed by atoms with van der Waals surface area (Å²) in [5.41, 5.74) is 9.08. The number of nitrogen functional groups attached to an aromatic ring is 1. The second-order valence-electron chi connectivity index (χ2n) is 6.59. The van der Waals surface area contributed by atoms with Crippen LogP contribution in [0.25, 0.3) is 10.8 Å². The van der Waals surface area contributed by atoms with E-state index in [0.717, 1.165) is 35.1 Å². The summed E-state index contributed by atoms with van der Waals surface area (Å²) in [7, 11) is 0. The minimum Gasteiger partial charge on any atom is -0.398 e. The number of benzene rings is 1. The van der Waals surface area contributed by atoms with Crippen LogP contribution in [-0.2, 0) is 0 Å². The lowest BCUT2D eigenvalue weighted by Crippen LogP contribution is -2.21. The molecule has 1 aliphatic rings. The van der Waals surface area contributed by atoms with Crippen LogP contribution in [-0.4, -0.2) is 11.5 Å². The fourth-order valence-corrected chi connectivity index (χ4v) is 3.52. The van der Waals surface area contributed by atoms with Crippen LogP contribution in [0.5, 0.6) is 0 Å². The molecule has 3 N–H and O–H groups in total. The molecule has 1 aromatic heterocycles. The van der Waals surface area contributed by atoms with E-state index < -0.39 is 0 Å². The number of nitrogens with zero attached hydrogens (tertiary/aromatic N) is 1. The summed E-state index contributed by atoms with van der Waals surface area (Å²) >= 11 is 0. The van der Waals surface area contributed by atoms with Gasteiger partial charge in [0.2, 0.25) is 0 Å². The number of rotatable bonds is 3. The number of pyridine rings is 1. The number of aromatic nitrogens is 1. The van der Waals surface area contributed by atoms with Gasteiger partial charge in [0, 0.05) is 40.6 Å². The molecule has 0 spiro atoms. The van der Waals surface area contributed by atoms with Gasteiger partial charge in [-0.3, -0.25) is 4.98 Å². The third-order valence-electron chi connectivity index (χ3n) is 4.70. The molecule has 0 saturated heterocycles. The average Bonchev–Trinajstić information content (AvgIpc) is 2.46. The van der Waals surface area contributed by atoms with E-state index in [9.17, 15) is 0 Å². The second kappa shape index (κ2) is 5.92. The number of anilines is 2. The largest absolute Gasteiger partial charge is 0.398 e. The number of aryl methyl sites for hydroxylation is 1. The monoisotopic (exact) mass is 283 g/mol. The van der Waals surface area contributed by atoms with Crippen molar-refractivity contribution in [2.45, 2.75) is 39.5 Å². The van der Waals surface area contributed by atoms with Crippen molar-refractivity contribution >= 4 is 22.1 Å². The molecule has 2 unspecified atom stereocenters. The maximum atomic E-state index is 6.06. The zero-order chi connectivity index (χ0) is 14.8. The predicted molar refractivity (Wildman–Crippen MR) is 90.5 cm³/mol. The van der Waals surface area contributed by atoms with Crippen molar-refractivity contribution in [3.8, 4) is 0 Å². The molecule has 0 amide bonds. The molecule has 1 fully saturated rings. The Morgan fingerprint density at radius 1 is 1.29 bits per heavy atom. The number of hydrogen-bond acceptors (Lipinski definition) is 3. The third kappa shape index (κ3) is 3.12. The van der Waals surface area contributed by atoms with E-state index in [1.54, 1.807) is 0 Å². The average molecular weight is 283 g/mol. The standard InChI is InChI=1S/C18H25N3/c1-12-4-3-5-14(8-12)10-21-18-7-6-17(19)16-11-20-13(2)9-15(16)18/h6-7,9,11-12,14,21H,3-5,8,10,19H2,1-2H3.